The second-order valence-electron chi connectivity index (χ2n) is 8.10. The number of nitrogens with zero attached hydrogens (tertiary/aromatic N) is 3. The van der Waals surface area contributed by atoms with Gasteiger partial charge in [0.2, 0.25) is 5.69 Å². The number of benzene rings is 2. The molecule has 3 aromatic rings. The first-order valence-electron chi connectivity index (χ1n) is 11.2. The Bertz CT molecular complexity index is 1420. The van der Waals surface area contributed by atoms with Gasteiger partial charge < -0.3 is 25.6 Å². The number of hydrogen-bond acceptors (Lipinski definition) is 8. The minimum absolute atomic E-state index is 0.130. The maximum Gasteiger partial charge on any atom is 0.253 e. The molecular formula is C25H26N6O4S. The van der Waals surface area contributed by atoms with Gasteiger partial charge in [-0.1, -0.05) is 12.1 Å². The quantitative estimate of drug-likeness (QED) is 0.415. The molecule has 1 aromatic heterocycles. The second-order valence-corrected chi connectivity index (χ2v) is 10.4. The lowest BCUT2D eigenvalue weighted by Gasteiger charge is -2.29. The monoisotopic (exact) mass is 506 g/mol. The van der Waals surface area contributed by atoms with Gasteiger partial charge in [0.15, 0.2) is 9.84 Å². The van der Waals surface area contributed by atoms with Crippen LogP contribution in [0.15, 0.2) is 54.7 Å². The molecule has 2 heterocycles. The van der Waals surface area contributed by atoms with Gasteiger partial charge in [0.05, 0.1) is 42.1 Å². The Hall–Kier alpha value is -4.30. The van der Waals surface area contributed by atoms with Crippen molar-refractivity contribution in [3.05, 3.63) is 71.7 Å². The number of anilines is 5. The molecule has 3 N–H and O–H groups in total. The molecule has 1 saturated heterocycles. The Morgan fingerprint density at radius 1 is 1.06 bits per heavy atom. The number of methoxy groups -OCH3 is 1. The molecule has 0 radical (unpaired) electrons. The summed E-state index contributed by atoms with van der Waals surface area (Å²) in [5, 5.41) is 9.01. The molecule has 0 aliphatic carbocycles. The Balaban J connectivity index is 1.59. The van der Waals surface area contributed by atoms with Gasteiger partial charge in [-0.15, -0.1) is 0 Å². The van der Waals surface area contributed by atoms with Crippen molar-refractivity contribution >= 4 is 50.0 Å². The van der Waals surface area contributed by atoms with Crippen molar-refractivity contribution in [3.63, 3.8) is 0 Å². The first-order valence-corrected chi connectivity index (χ1v) is 13.0. The Labute approximate surface area is 210 Å². The number of ether oxygens (including phenoxy) is 1. The fourth-order valence-corrected chi connectivity index (χ4v) is 5.07. The molecule has 0 bridgehead atoms. The molecule has 2 aromatic carbocycles. The highest BCUT2D eigenvalue weighted by Crippen LogP contribution is 2.35. The van der Waals surface area contributed by atoms with Crippen LogP contribution in [-0.2, 0) is 9.84 Å². The van der Waals surface area contributed by atoms with Gasteiger partial charge in [0, 0.05) is 43.8 Å². The molecule has 1 aliphatic rings. The van der Waals surface area contributed by atoms with E-state index >= 15 is 0 Å². The number of para-hydroxylation sites is 1. The van der Waals surface area contributed by atoms with E-state index in [1.54, 1.807) is 44.5 Å². The molecule has 186 valence electrons. The number of carbonyl (C=O) groups excluding carboxylic acids is 1. The van der Waals surface area contributed by atoms with Crippen molar-refractivity contribution in [2.45, 2.75) is 0 Å². The smallest absolute Gasteiger partial charge is 0.253 e. The lowest BCUT2D eigenvalue weighted by atomic mass is 10.1. The first kappa shape index (κ1) is 24.8. The van der Waals surface area contributed by atoms with E-state index in [-0.39, 0.29) is 17.4 Å². The maximum atomic E-state index is 12.2. The van der Waals surface area contributed by atoms with Crippen LogP contribution in [0.1, 0.15) is 10.4 Å². The fraction of sp³-hybridized carbons (Fsp3) is 0.240. The molecule has 4 rings (SSSR count). The van der Waals surface area contributed by atoms with Crippen molar-refractivity contribution in [1.29, 1.82) is 0 Å². The van der Waals surface area contributed by atoms with E-state index in [2.05, 4.69) is 25.8 Å². The zero-order chi connectivity index (χ0) is 25.7. The van der Waals surface area contributed by atoms with E-state index in [4.69, 9.17) is 11.3 Å². The molecule has 0 atom stereocenters. The highest BCUT2D eigenvalue weighted by Gasteiger charge is 2.22. The number of aromatic nitrogens is 1. The average Bonchev–Trinajstić information content (AvgIpc) is 2.89. The van der Waals surface area contributed by atoms with E-state index in [1.165, 1.54) is 6.20 Å². The second kappa shape index (κ2) is 10.5. The van der Waals surface area contributed by atoms with E-state index < -0.39 is 9.84 Å². The van der Waals surface area contributed by atoms with Crippen LogP contribution in [0.4, 0.5) is 34.3 Å². The third-order valence-corrected chi connectivity index (χ3v) is 7.44. The summed E-state index contributed by atoms with van der Waals surface area (Å²) in [6, 6.07) is 14.3. The summed E-state index contributed by atoms with van der Waals surface area (Å²) in [5.41, 5.74) is 3.33. The molecule has 10 nitrogen and oxygen atoms in total. The summed E-state index contributed by atoms with van der Waals surface area (Å²) in [4.78, 5) is 22.2. The van der Waals surface area contributed by atoms with Crippen molar-refractivity contribution in [1.82, 2.24) is 10.3 Å². The molecule has 36 heavy (non-hydrogen) atoms. The number of amides is 1. The Morgan fingerprint density at radius 3 is 2.50 bits per heavy atom. The van der Waals surface area contributed by atoms with E-state index in [0.717, 1.165) is 5.69 Å². The zero-order valence-electron chi connectivity index (χ0n) is 19.9. The van der Waals surface area contributed by atoms with Gasteiger partial charge >= 0.3 is 0 Å². The zero-order valence-corrected chi connectivity index (χ0v) is 20.7. The van der Waals surface area contributed by atoms with Crippen LogP contribution in [0.5, 0.6) is 5.75 Å². The summed E-state index contributed by atoms with van der Waals surface area (Å²) in [7, 11) is 0.146. The number of pyridine rings is 1. The third kappa shape index (κ3) is 5.50. The van der Waals surface area contributed by atoms with Crippen LogP contribution in [0.2, 0.25) is 0 Å². The van der Waals surface area contributed by atoms with Gasteiger partial charge in [-0.3, -0.25) is 9.78 Å². The van der Waals surface area contributed by atoms with Crippen LogP contribution in [0.3, 0.4) is 0 Å². The SMILES string of the molecule is [C-]#[N+]c1cnc(Nc2ccc(N3CCS(=O)(=O)CC3)cc2OC)cc1Nc1ccccc1C(=O)NC. The normalized spacial score (nSPS) is 14.4. The average molecular weight is 507 g/mol. The van der Waals surface area contributed by atoms with Gasteiger partial charge in [0.1, 0.15) is 11.6 Å². The lowest BCUT2D eigenvalue weighted by molar-refractivity contribution is 0.0964. The third-order valence-electron chi connectivity index (χ3n) is 5.83. The van der Waals surface area contributed by atoms with Gasteiger partial charge in [-0.25, -0.2) is 13.3 Å². The predicted octanol–water partition coefficient (Wildman–Crippen LogP) is 3.72. The van der Waals surface area contributed by atoms with Crippen molar-refractivity contribution in [3.8, 4) is 5.75 Å². The van der Waals surface area contributed by atoms with Gasteiger partial charge in [-0.2, -0.15) is 0 Å². The minimum atomic E-state index is -2.97. The molecular weight excluding hydrogens is 480 g/mol. The molecule has 1 aliphatic heterocycles. The highest BCUT2D eigenvalue weighted by atomic mass is 32.2. The van der Waals surface area contributed by atoms with Crippen LogP contribution in [-0.4, -0.2) is 58.1 Å². The molecule has 11 heteroatoms. The lowest BCUT2D eigenvalue weighted by Crippen LogP contribution is -2.40. The Morgan fingerprint density at radius 2 is 1.81 bits per heavy atom. The standard InChI is InChI=1S/C25H26N6O4S/c1-26-22-16-28-24(15-21(22)29-19-7-5-4-6-18(19)25(32)27-2)30-20-9-8-17(14-23(20)35-3)31-10-12-36(33,34)13-11-31/h4-9,14-16H,10-13H2,2-3H3,(H,27,32)(H2,28,29,30). The van der Waals surface area contributed by atoms with Gasteiger partial charge in [-0.05, 0) is 30.3 Å². The molecule has 1 amide bonds. The van der Waals surface area contributed by atoms with Crippen molar-refractivity contribution in [2.24, 2.45) is 0 Å². The number of hydrogen-bond donors (Lipinski definition) is 3. The van der Waals surface area contributed by atoms with Crippen LogP contribution < -0.4 is 25.6 Å². The van der Waals surface area contributed by atoms with Crippen LogP contribution >= 0.6 is 0 Å². The number of nitrogens with one attached hydrogen (secondary N) is 3. The van der Waals surface area contributed by atoms with Crippen LogP contribution in [0.25, 0.3) is 4.85 Å². The predicted molar refractivity (Wildman–Crippen MR) is 141 cm³/mol. The molecule has 0 saturated carbocycles. The Kier molecular flexibility index (Phi) is 7.26. The van der Waals surface area contributed by atoms with E-state index in [1.807, 2.05) is 23.1 Å². The van der Waals surface area contributed by atoms with Gasteiger partial charge in [0.25, 0.3) is 5.91 Å². The summed E-state index contributed by atoms with van der Waals surface area (Å²) in [6.45, 7) is 8.38. The summed E-state index contributed by atoms with van der Waals surface area (Å²) in [6.07, 6.45) is 1.45. The molecule has 0 unspecified atom stereocenters. The van der Waals surface area contributed by atoms with E-state index in [9.17, 15) is 13.2 Å². The van der Waals surface area contributed by atoms with Crippen molar-refractivity contribution in [2.75, 3.05) is 54.3 Å². The summed E-state index contributed by atoms with van der Waals surface area (Å²) >= 11 is 0. The number of carbonyl (C=O) groups is 1. The van der Waals surface area contributed by atoms with Crippen LogP contribution in [0, 0.1) is 6.57 Å². The number of sulfone groups is 1. The van der Waals surface area contributed by atoms with E-state index in [0.29, 0.717) is 53.0 Å². The van der Waals surface area contributed by atoms with Crippen molar-refractivity contribution < 1.29 is 17.9 Å². The fourth-order valence-electron chi connectivity index (χ4n) is 3.86. The summed E-state index contributed by atoms with van der Waals surface area (Å²) < 4.78 is 29.1. The summed E-state index contributed by atoms with van der Waals surface area (Å²) in [5.74, 6) is 1.05. The molecule has 1 fully saturated rings. The topological polar surface area (TPSA) is 117 Å². The first-order chi connectivity index (χ1) is 17.3. The largest absolute Gasteiger partial charge is 0.494 e. The minimum Gasteiger partial charge on any atom is -0.494 e. The highest BCUT2D eigenvalue weighted by molar-refractivity contribution is 7.91. The number of rotatable bonds is 7. The molecule has 0 spiro atoms. The maximum absolute atomic E-state index is 12.2.